The molecule has 2 aliphatic heterocycles. The standard InChI is InChI=1S/C19H28N2.2C2H6/c1-3-7-18(8-4-1)21-12-9-17(14-21)13-20-15-19(16-20)10-5-2-6-11-19;2*1-2/h1,3-4,7-8,17H,2,5-6,9-16H2;2*1-2H3. The maximum atomic E-state index is 2.74. The Morgan fingerprint density at radius 1 is 0.920 bits per heavy atom. The maximum Gasteiger partial charge on any atom is 0.0366 e. The topological polar surface area (TPSA) is 6.48 Å². The van der Waals surface area contributed by atoms with Crippen LogP contribution in [0.2, 0.25) is 0 Å². The van der Waals surface area contributed by atoms with Crippen molar-refractivity contribution in [2.75, 3.05) is 37.6 Å². The number of rotatable bonds is 3. The first kappa shape index (κ1) is 20.3. The highest BCUT2D eigenvalue weighted by Crippen LogP contribution is 2.44. The van der Waals surface area contributed by atoms with Gasteiger partial charge in [0.15, 0.2) is 0 Å². The Bertz CT molecular complexity index is 456. The van der Waals surface area contributed by atoms with Crippen molar-refractivity contribution in [3.05, 3.63) is 30.3 Å². The van der Waals surface area contributed by atoms with Crippen LogP contribution in [0.1, 0.15) is 66.2 Å². The fourth-order valence-electron chi connectivity index (χ4n) is 4.87. The second-order valence-corrected chi connectivity index (χ2v) is 7.67. The van der Waals surface area contributed by atoms with Crippen LogP contribution >= 0.6 is 0 Å². The van der Waals surface area contributed by atoms with Crippen LogP contribution in [0.15, 0.2) is 30.3 Å². The Labute approximate surface area is 156 Å². The highest BCUT2D eigenvalue weighted by Gasteiger charge is 2.43. The van der Waals surface area contributed by atoms with Gasteiger partial charge >= 0.3 is 0 Å². The van der Waals surface area contributed by atoms with E-state index in [-0.39, 0.29) is 0 Å². The Kier molecular flexibility index (Phi) is 8.29. The summed E-state index contributed by atoms with van der Waals surface area (Å²) in [4.78, 5) is 5.31. The van der Waals surface area contributed by atoms with E-state index < -0.39 is 0 Å². The average Bonchev–Trinajstić information content (AvgIpc) is 3.14. The molecule has 1 saturated carbocycles. The van der Waals surface area contributed by atoms with Crippen molar-refractivity contribution in [1.82, 2.24) is 4.90 Å². The Balaban J connectivity index is 0.000000528. The number of nitrogens with zero attached hydrogens (tertiary/aromatic N) is 2. The summed E-state index contributed by atoms with van der Waals surface area (Å²) in [7, 11) is 0. The molecule has 2 saturated heterocycles. The van der Waals surface area contributed by atoms with Crippen LogP contribution in [0, 0.1) is 11.3 Å². The molecule has 25 heavy (non-hydrogen) atoms. The molecule has 142 valence electrons. The lowest BCUT2D eigenvalue weighted by atomic mass is 9.68. The molecule has 1 aromatic rings. The van der Waals surface area contributed by atoms with Crippen LogP contribution in [0.5, 0.6) is 0 Å². The molecule has 1 atom stereocenters. The first-order valence-corrected chi connectivity index (χ1v) is 10.9. The molecule has 2 heteroatoms. The second-order valence-electron chi connectivity index (χ2n) is 7.67. The number of benzene rings is 1. The van der Waals surface area contributed by atoms with Crippen molar-refractivity contribution in [2.45, 2.75) is 66.2 Å². The van der Waals surface area contributed by atoms with E-state index in [9.17, 15) is 0 Å². The Hall–Kier alpha value is -1.02. The van der Waals surface area contributed by atoms with Gasteiger partial charge in [-0.1, -0.05) is 65.2 Å². The summed E-state index contributed by atoms with van der Waals surface area (Å²) in [6, 6.07) is 10.9. The molecule has 0 aromatic heterocycles. The molecule has 3 aliphatic rings. The van der Waals surface area contributed by atoms with E-state index in [4.69, 9.17) is 0 Å². The van der Waals surface area contributed by atoms with Crippen molar-refractivity contribution < 1.29 is 0 Å². The SMILES string of the molecule is CC.CC.c1ccc(N2CCC(CN3CC4(CCCCC4)C3)C2)cc1. The lowest BCUT2D eigenvalue weighted by Crippen LogP contribution is -2.58. The van der Waals surface area contributed by atoms with Gasteiger partial charge < -0.3 is 9.80 Å². The summed E-state index contributed by atoms with van der Waals surface area (Å²) < 4.78 is 0. The van der Waals surface area contributed by atoms with Gasteiger partial charge in [-0.05, 0) is 42.7 Å². The Morgan fingerprint density at radius 2 is 1.56 bits per heavy atom. The summed E-state index contributed by atoms with van der Waals surface area (Å²) in [6.07, 6.45) is 8.83. The number of likely N-dealkylation sites (tertiary alicyclic amines) is 1. The molecule has 0 radical (unpaired) electrons. The highest BCUT2D eigenvalue weighted by atomic mass is 15.2. The van der Waals surface area contributed by atoms with E-state index in [0.29, 0.717) is 0 Å². The quantitative estimate of drug-likeness (QED) is 0.680. The molecule has 0 bridgehead atoms. The van der Waals surface area contributed by atoms with E-state index in [1.165, 1.54) is 76.9 Å². The molecule has 1 aromatic carbocycles. The van der Waals surface area contributed by atoms with Crippen LogP contribution < -0.4 is 4.90 Å². The zero-order valence-corrected chi connectivity index (χ0v) is 17.1. The molecular formula is C23H40N2. The smallest absolute Gasteiger partial charge is 0.0366 e. The minimum atomic E-state index is 0.746. The third-order valence-corrected chi connectivity index (χ3v) is 5.96. The molecule has 2 heterocycles. The maximum absolute atomic E-state index is 2.74. The Morgan fingerprint density at radius 3 is 2.20 bits per heavy atom. The molecule has 4 rings (SSSR count). The van der Waals surface area contributed by atoms with E-state index in [2.05, 4.69) is 40.1 Å². The largest absolute Gasteiger partial charge is 0.371 e. The van der Waals surface area contributed by atoms with Gasteiger partial charge in [0.2, 0.25) is 0 Å². The molecule has 0 amide bonds. The zero-order chi connectivity index (χ0) is 18.1. The van der Waals surface area contributed by atoms with Crippen molar-refractivity contribution in [3.8, 4) is 0 Å². The van der Waals surface area contributed by atoms with Crippen LogP contribution in [0.25, 0.3) is 0 Å². The summed E-state index contributed by atoms with van der Waals surface area (Å²) >= 11 is 0. The average molecular weight is 345 g/mol. The van der Waals surface area contributed by atoms with Gasteiger partial charge in [0.05, 0.1) is 0 Å². The lowest BCUT2D eigenvalue weighted by Gasteiger charge is -2.53. The van der Waals surface area contributed by atoms with E-state index >= 15 is 0 Å². The highest BCUT2D eigenvalue weighted by molar-refractivity contribution is 5.46. The fraction of sp³-hybridized carbons (Fsp3) is 0.739. The summed E-state index contributed by atoms with van der Waals surface area (Å²) in [5.74, 6) is 0.881. The number of hydrogen-bond acceptors (Lipinski definition) is 2. The third-order valence-electron chi connectivity index (χ3n) is 5.96. The van der Waals surface area contributed by atoms with E-state index in [1.807, 2.05) is 27.7 Å². The predicted molar refractivity (Wildman–Crippen MR) is 111 cm³/mol. The van der Waals surface area contributed by atoms with Gasteiger partial charge in [0.1, 0.15) is 0 Å². The van der Waals surface area contributed by atoms with Crippen LogP contribution in [0.4, 0.5) is 5.69 Å². The third kappa shape index (κ3) is 5.23. The number of anilines is 1. The van der Waals surface area contributed by atoms with Gasteiger partial charge in [-0.15, -0.1) is 0 Å². The number of hydrogen-bond donors (Lipinski definition) is 0. The monoisotopic (exact) mass is 344 g/mol. The first-order chi connectivity index (χ1) is 12.3. The van der Waals surface area contributed by atoms with Crippen LogP contribution in [-0.4, -0.2) is 37.6 Å². The summed E-state index contributed by atoms with van der Waals surface area (Å²) in [5.41, 5.74) is 2.16. The van der Waals surface area contributed by atoms with Gasteiger partial charge in [-0.3, -0.25) is 0 Å². The zero-order valence-electron chi connectivity index (χ0n) is 17.1. The van der Waals surface area contributed by atoms with Gasteiger partial charge in [-0.25, -0.2) is 0 Å². The van der Waals surface area contributed by atoms with Crippen molar-refractivity contribution >= 4 is 5.69 Å². The van der Waals surface area contributed by atoms with Gasteiger partial charge in [0, 0.05) is 38.4 Å². The van der Waals surface area contributed by atoms with Gasteiger partial charge in [-0.2, -0.15) is 0 Å². The molecule has 3 fully saturated rings. The molecule has 1 aliphatic carbocycles. The molecule has 2 nitrogen and oxygen atoms in total. The minimum absolute atomic E-state index is 0.746. The van der Waals surface area contributed by atoms with Crippen molar-refractivity contribution in [3.63, 3.8) is 0 Å². The number of para-hydroxylation sites is 1. The predicted octanol–water partition coefficient (Wildman–Crippen LogP) is 5.83. The normalized spacial score (nSPS) is 24.6. The van der Waals surface area contributed by atoms with Crippen LogP contribution in [-0.2, 0) is 0 Å². The molecule has 1 unspecified atom stereocenters. The summed E-state index contributed by atoms with van der Waals surface area (Å²) in [5, 5.41) is 0. The minimum Gasteiger partial charge on any atom is -0.371 e. The van der Waals surface area contributed by atoms with Gasteiger partial charge in [0.25, 0.3) is 0 Å². The summed E-state index contributed by atoms with van der Waals surface area (Å²) in [6.45, 7) is 14.6. The fourth-order valence-corrected chi connectivity index (χ4v) is 4.87. The molecule has 0 N–H and O–H groups in total. The van der Waals surface area contributed by atoms with Crippen molar-refractivity contribution in [1.29, 1.82) is 0 Å². The lowest BCUT2D eigenvalue weighted by molar-refractivity contribution is -0.0347. The van der Waals surface area contributed by atoms with E-state index in [1.54, 1.807) is 0 Å². The molecular weight excluding hydrogens is 304 g/mol. The first-order valence-electron chi connectivity index (χ1n) is 10.9. The van der Waals surface area contributed by atoms with Crippen LogP contribution in [0.3, 0.4) is 0 Å². The van der Waals surface area contributed by atoms with E-state index in [0.717, 1.165) is 11.3 Å². The molecule has 1 spiro atoms. The second kappa shape index (κ2) is 10.2. The van der Waals surface area contributed by atoms with Crippen molar-refractivity contribution in [2.24, 2.45) is 11.3 Å².